The number of fused-ring (bicyclic) bond motifs is 1. The number of halogens is 1. The molecule has 1 N–H and O–H groups in total. The highest BCUT2D eigenvalue weighted by Gasteiger charge is 2.31. The van der Waals surface area contributed by atoms with Gasteiger partial charge in [-0.15, -0.1) is 0 Å². The Hall–Kier alpha value is -1.81. The summed E-state index contributed by atoms with van der Waals surface area (Å²) in [7, 11) is 0. The van der Waals surface area contributed by atoms with Crippen molar-refractivity contribution in [2.75, 3.05) is 0 Å². The van der Waals surface area contributed by atoms with Crippen LogP contribution in [0.5, 0.6) is 0 Å². The maximum absolute atomic E-state index is 11.5. The Kier molecular flexibility index (Phi) is 3.26. The van der Waals surface area contributed by atoms with Crippen LogP contribution in [0.1, 0.15) is 30.1 Å². The van der Waals surface area contributed by atoms with E-state index in [1.165, 1.54) is 0 Å². The van der Waals surface area contributed by atoms with Crippen molar-refractivity contribution in [1.82, 2.24) is 9.55 Å². The van der Waals surface area contributed by atoms with Crippen molar-refractivity contribution in [3.8, 4) is 11.4 Å². The zero-order valence-electron chi connectivity index (χ0n) is 11.1. The van der Waals surface area contributed by atoms with Crippen molar-refractivity contribution in [1.29, 1.82) is 0 Å². The monoisotopic (exact) mass is 290 g/mol. The SMILES string of the molecule is Cc1ccc(-c2nc(Cl)c3n2C(C(=O)O)CCC3)cc1. The van der Waals surface area contributed by atoms with Gasteiger partial charge in [0.2, 0.25) is 0 Å². The number of hydrogen-bond donors (Lipinski definition) is 1. The number of hydrogen-bond acceptors (Lipinski definition) is 2. The zero-order chi connectivity index (χ0) is 14.3. The van der Waals surface area contributed by atoms with E-state index in [1.54, 1.807) is 4.57 Å². The molecule has 1 aliphatic heterocycles. The van der Waals surface area contributed by atoms with E-state index in [4.69, 9.17) is 11.6 Å². The van der Waals surface area contributed by atoms with E-state index in [-0.39, 0.29) is 0 Å². The minimum atomic E-state index is -0.826. The predicted molar refractivity (Wildman–Crippen MR) is 77.0 cm³/mol. The molecular formula is C15H15ClN2O2. The highest BCUT2D eigenvalue weighted by molar-refractivity contribution is 6.30. The first-order valence-corrected chi connectivity index (χ1v) is 7.02. The third-order valence-electron chi connectivity index (χ3n) is 3.76. The van der Waals surface area contributed by atoms with Crippen LogP contribution in [0.2, 0.25) is 5.15 Å². The standard InChI is InChI=1S/C15H15ClN2O2/c1-9-5-7-10(8-6-9)14-17-13(16)11-3-2-4-12(15(19)20)18(11)14/h5-8,12H,2-4H2,1H3,(H,19,20). The third-order valence-corrected chi connectivity index (χ3v) is 4.06. The van der Waals surface area contributed by atoms with Gasteiger partial charge in [0.15, 0.2) is 5.15 Å². The van der Waals surface area contributed by atoms with Crippen LogP contribution in [-0.2, 0) is 11.2 Å². The number of imidazole rings is 1. The second-order valence-electron chi connectivity index (χ2n) is 5.16. The van der Waals surface area contributed by atoms with Gasteiger partial charge in [-0.3, -0.25) is 0 Å². The Morgan fingerprint density at radius 1 is 1.40 bits per heavy atom. The van der Waals surface area contributed by atoms with E-state index in [2.05, 4.69) is 4.98 Å². The molecule has 0 saturated carbocycles. The number of aliphatic carboxylic acids is 1. The lowest BCUT2D eigenvalue weighted by molar-refractivity contribution is -0.141. The number of carboxylic acids is 1. The number of rotatable bonds is 2. The van der Waals surface area contributed by atoms with E-state index in [0.29, 0.717) is 17.4 Å². The van der Waals surface area contributed by atoms with Gasteiger partial charge in [-0.25, -0.2) is 9.78 Å². The molecule has 0 bridgehead atoms. The van der Waals surface area contributed by atoms with Crippen molar-refractivity contribution in [3.05, 3.63) is 40.7 Å². The van der Waals surface area contributed by atoms with Crippen LogP contribution in [0.4, 0.5) is 0 Å². The molecule has 1 aliphatic rings. The molecular weight excluding hydrogens is 276 g/mol. The summed E-state index contributed by atoms with van der Waals surface area (Å²) in [6, 6.07) is 7.31. The van der Waals surface area contributed by atoms with Gasteiger partial charge in [0.1, 0.15) is 11.9 Å². The molecule has 0 spiro atoms. The maximum Gasteiger partial charge on any atom is 0.326 e. The summed E-state index contributed by atoms with van der Waals surface area (Å²) >= 11 is 6.19. The first-order chi connectivity index (χ1) is 9.58. The van der Waals surface area contributed by atoms with Gasteiger partial charge in [0.25, 0.3) is 0 Å². The first kappa shape index (κ1) is 13.2. The highest BCUT2D eigenvalue weighted by atomic mass is 35.5. The molecule has 3 rings (SSSR count). The molecule has 0 amide bonds. The molecule has 104 valence electrons. The number of aromatic nitrogens is 2. The third kappa shape index (κ3) is 2.10. The van der Waals surface area contributed by atoms with Crippen LogP contribution in [0.3, 0.4) is 0 Å². The minimum Gasteiger partial charge on any atom is -0.480 e. The molecule has 0 aliphatic carbocycles. The number of aryl methyl sites for hydroxylation is 1. The highest BCUT2D eigenvalue weighted by Crippen LogP contribution is 2.35. The van der Waals surface area contributed by atoms with Crippen molar-refractivity contribution in [2.45, 2.75) is 32.2 Å². The second-order valence-corrected chi connectivity index (χ2v) is 5.51. The average molecular weight is 291 g/mol. The Morgan fingerprint density at radius 2 is 2.10 bits per heavy atom. The summed E-state index contributed by atoms with van der Waals surface area (Å²) < 4.78 is 1.79. The largest absolute Gasteiger partial charge is 0.480 e. The normalized spacial score (nSPS) is 17.8. The molecule has 2 aromatic rings. The number of carbonyl (C=O) groups is 1. The molecule has 0 saturated heterocycles. The smallest absolute Gasteiger partial charge is 0.326 e. The molecule has 0 fully saturated rings. The van der Waals surface area contributed by atoms with Crippen LogP contribution in [0.25, 0.3) is 11.4 Å². The van der Waals surface area contributed by atoms with Crippen LogP contribution < -0.4 is 0 Å². The van der Waals surface area contributed by atoms with Gasteiger partial charge in [-0.1, -0.05) is 41.4 Å². The Balaban J connectivity index is 2.17. The van der Waals surface area contributed by atoms with Gasteiger partial charge in [-0.2, -0.15) is 0 Å². The second kappa shape index (κ2) is 4.94. The Morgan fingerprint density at radius 3 is 2.75 bits per heavy atom. The topological polar surface area (TPSA) is 55.1 Å². The van der Waals surface area contributed by atoms with Gasteiger partial charge in [-0.05, 0) is 26.2 Å². The molecule has 1 aromatic carbocycles. The number of benzene rings is 1. The summed E-state index contributed by atoms with van der Waals surface area (Å²) in [5, 5.41) is 9.84. The molecule has 5 heteroatoms. The van der Waals surface area contributed by atoms with Gasteiger partial charge >= 0.3 is 5.97 Å². The summed E-state index contributed by atoms with van der Waals surface area (Å²) in [6.45, 7) is 2.01. The van der Waals surface area contributed by atoms with E-state index < -0.39 is 12.0 Å². The fourth-order valence-electron chi connectivity index (χ4n) is 2.73. The van der Waals surface area contributed by atoms with E-state index >= 15 is 0 Å². The average Bonchev–Trinajstić information content (AvgIpc) is 2.77. The minimum absolute atomic E-state index is 0.423. The molecule has 1 unspecified atom stereocenters. The van der Waals surface area contributed by atoms with Crippen molar-refractivity contribution in [2.24, 2.45) is 0 Å². The van der Waals surface area contributed by atoms with Crippen molar-refractivity contribution >= 4 is 17.6 Å². The fourth-order valence-corrected chi connectivity index (χ4v) is 3.00. The Bertz CT molecular complexity index is 661. The molecule has 0 radical (unpaired) electrons. The van der Waals surface area contributed by atoms with E-state index in [9.17, 15) is 9.90 Å². The summed E-state index contributed by atoms with van der Waals surface area (Å²) in [5.41, 5.74) is 2.89. The summed E-state index contributed by atoms with van der Waals surface area (Å²) in [4.78, 5) is 15.9. The lowest BCUT2D eigenvalue weighted by Gasteiger charge is -2.24. The van der Waals surface area contributed by atoms with Gasteiger partial charge in [0.05, 0.1) is 5.69 Å². The van der Waals surface area contributed by atoms with E-state index in [1.807, 2.05) is 31.2 Å². The lowest BCUT2D eigenvalue weighted by atomic mass is 10.0. The van der Waals surface area contributed by atoms with Crippen LogP contribution in [0, 0.1) is 6.92 Å². The predicted octanol–water partition coefficient (Wildman–Crippen LogP) is 3.47. The van der Waals surface area contributed by atoms with Crippen LogP contribution in [-0.4, -0.2) is 20.6 Å². The lowest BCUT2D eigenvalue weighted by Crippen LogP contribution is -2.25. The summed E-state index contributed by atoms with van der Waals surface area (Å²) in [5.74, 6) is -0.175. The molecule has 2 heterocycles. The summed E-state index contributed by atoms with van der Waals surface area (Å²) in [6.07, 6.45) is 2.23. The quantitative estimate of drug-likeness (QED) is 0.921. The number of nitrogens with zero attached hydrogens (tertiary/aromatic N) is 2. The first-order valence-electron chi connectivity index (χ1n) is 6.64. The fraction of sp³-hybridized carbons (Fsp3) is 0.333. The molecule has 4 nitrogen and oxygen atoms in total. The van der Waals surface area contributed by atoms with Crippen LogP contribution in [0.15, 0.2) is 24.3 Å². The zero-order valence-corrected chi connectivity index (χ0v) is 11.9. The van der Waals surface area contributed by atoms with Crippen molar-refractivity contribution in [3.63, 3.8) is 0 Å². The van der Waals surface area contributed by atoms with Gasteiger partial charge in [0, 0.05) is 5.56 Å². The molecule has 1 aromatic heterocycles. The van der Waals surface area contributed by atoms with Crippen molar-refractivity contribution < 1.29 is 9.90 Å². The van der Waals surface area contributed by atoms with Crippen LogP contribution >= 0.6 is 11.6 Å². The molecule has 20 heavy (non-hydrogen) atoms. The van der Waals surface area contributed by atoms with Gasteiger partial charge < -0.3 is 9.67 Å². The molecule has 1 atom stereocenters. The number of carboxylic acid groups (broad SMARTS) is 1. The maximum atomic E-state index is 11.5. The van der Waals surface area contributed by atoms with E-state index in [0.717, 1.165) is 29.7 Å². The Labute approximate surface area is 122 Å².